The lowest BCUT2D eigenvalue weighted by atomic mass is 10.1. The minimum Gasteiger partial charge on any atom is -0.316 e. The number of anilines is 1. The van der Waals surface area contributed by atoms with E-state index in [2.05, 4.69) is 29.4 Å². The van der Waals surface area contributed by atoms with E-state index in [4.69, 9.17) is 23.2 Å². The molecule has 0 fully saturated rings. The fourth-order valence-corrected chi connectivity index (χ4v) is 4.05. The molecule has 148 valence electrons. The van der Waals surface area contributed by atoms with E-state index in [0.29, 0.717) is 32.5 Å². The number of carbonyl (C=O) groups excluding carboxylic acids is 1. The normalized spacial score (nSPS) is 11.5. The molecule has 1 amide bonds. The van der Waals surface area contributed by atoms with Crippen LogP contribution in [-0.4, -0.2) is 20.7 Å². The first-order valence-electron chi connectivity index (χ1n) is 8.75. The number of hydrogen-bond acceptors (Lipinski definition) is 5. The second-order valence-electron chi connectivity index (χ2n) is 6.62. The van der Waals surface area contributed by atoms with Gasteiger partial charge in [0.1, 0.15) is 16.6 Å². The molecule has 0 radical (unpaired) electrons. The van der Waals surface area contributed by atoms with Crippen molar-refractivity contribution in [3.05, 3.63) is 62.8 Å². The topological polar surface area (TPSA) is 83.6 Å². The smallest absolute Gasteiger partial charge is 0.268 e. The number of nitrogens with one attached hydrogen (secondary N) is 1. The fraction of sp³-hybridized carbons (Fsp3) is 0.200. The van der Waals surface area contributed by atoms with Crippen LogP contribution < -0.4 is 5.32 Å². The molecule has 2 heterocycles. The number of carbonyl (C=O) groups is 1. The number of aromatic nitrogens is 3. The molecule has 0 aliphatic carbocycles. The molecule has 0 bridgehead atoms. The first kappa shape index (κ1) is 21.1. The van der Waals surface area contributed by atoms with Crippen LogP contribution in [-0.2, 0) is 11.2 Å². The summed E-state index contributed by atoms with van der Waals surface area (Å²) in [6, 6.07) is 10.6. The number of amides is 1. The summed E-state index contributed by atoms with van der Waals surface area (Å²) in [4.78, 5) is 12.5. The highest BCUT2D eigenvalue weighted by Crippen LogP contribution is 2.27. The lowest BCUT2D eigenvalue weighted by Crippen LogP contribution is -2.13. The Balaban J connectivity index is 1.84. The van der Waals surface area contributed by atoms with Gasteiger partial charge in [-0.1, -0.05) is 48.4 Å². The molecule has 0 saturated carbocycles. The highest BCUT2D eigenvalue weighted by Gasteiger charge is 2.15. The summed E-state index contributed by atoms with van der Waals surface area (Å²) in [6.45, 7) is 4.16. The van der Waals surface area contributed by atoms with Crippen molar-refractivity contribution in [2.45, 2.75) is 20.3 Å². The Labute approximate surface area is 182 Å². The first-order valence-corrected chi connectivity index (χ1v) is 10.3. The average Bonchev–Trinajstić information content (AvgIpc) is 3.28. The van der Waals surface area contributed by atoms with Crippen LogP contribution in [0.25, 0.3) is 11.8 Å². The van der Waals surface area contributed by atoms with Gasteiger partial charge in [-0.25, -0.2) is 0 Å². The molecule has 0 atom stereocenters. The van der Waals surface area contributed by atoms with Gasteiger partial charge in [-0.2, -0.15) is 5.26 Å². The number of nitrogens with zero attached hydrogens (tertiary/aromatic N) is 4. The lowest BCUT2D eigenvalue weighted by molar-refractivity contribution is -0.112. The maximum absolute atomic E-state index is 12.5. The predicted molar refractivity (Wildman–Crippen MR) is 116 cm³/mol. The van der Waals surface area contributed by atoms with Crippen LogP contribution in [0.4, 0.5) is 5.13 Å². The molecule has 3 aromatic rings. The molecule has 2 aromatic heterocycles. The Bertz CT molecular complexity index is 1110. The molecule has 3 rings (SSSR count). The Morgan fingerprint density at radius 2 is 2.14 bits per heavy atom. The van der Waals surface area contributed by atoms with Crippen molar-refractivity contribution in [1.29, 1.82) is 5.26 Å². The number of benzene rings is 1. The van der Waals surface area contributed by atoms with Gasteiger partial charge in [0, 0.05) is 23.3 Å². The SMILES string of the molecule is CC(C)Cc1nnc(NC(=O)C(C#N)=Cc2cccn2-c2ccc(Cl)cc2Cl)s1. The molecule has 0 unspecified atom stereocenters. The summed E-state index contributed by atoms with van der Waals surface area (Å²) < 4.78 is 1.77. The number of hydrogen-bond donors (Lipinski definition) is 1. The molecule has 1 N–H and O–H groups in total. The van der Waals surface area contributed by atoms with Gasteiger partial charge in [0.2, 0.25) is 5.13 Å². The van der Waals surface area contributed by atoms with Crippen LogP contribution in [0.3, 0.4) is 0 Å². The zero-order chi connectivity index (χ0) is 21.0. The standard InChI is InChI=1S/C20H17Cl2N5OS/c1-12(2)8-18-25-26-20(29-18)24-19(28)13(11-23)9-15-4-3-7-27(15)17-6-5-14(21)10-16(17)22/h3-7,9-10,12H,8H2,1-2H3,(H,24,26,28). The van der Waals surface area contributed by atoms with Crippen molar-refractivity contribution < 1.29 is 4.79 Å². The Hall–Kier alpha value is -2.66. The maximum atomic E-state index is 12.5. The molecule has 9 heteroatoms. The molecular formula is C20H17Cl2N5OS. The highest BCUT2D eigenvalue weighted by atomic mass is 35.5. The Kier molecular flexibility index (Phi) is 6.70. The van der Waals surface area contributed by atoms with Crippen LogP contribution in [0, 0.1) is 17.2 Å². The quantitative estimate of drug-likeness (QED) is 0.407. The second kappa shape index (κ2) is 9.23. The van der Waals surface area contributed by atoms with Crippen LogP contribution in [0.2, 0.25) is 10.0 Å². The Morgan fingerprint density at radius 3 is 2.83 bits per heavy atom. The van der Waals surface area contributed by atoms with E-state index in [9.17, 15) is 10.1 Å². The molecule has 0 spiro atoms. The second-order valence-corrected chi connectivity index (χ2v) is 8.53. The highest BCUT2D eigenvalue weighted by molar-refractivity contribution is 7.15. The van der Waals surface area contributed by atoms with Crippen molar-refractivity contribution >= 4 is 51.7 Å². The van der Waals surface area contributed by atoms with Gasteiger partial charge in [-0.15, -0.1) is 10.2 Å². The molecule has 0 aliphatic rings. The summed E-state index contributed by atoms with van der Waals surface area (Å²) in [7, 11) is 0. The molecule has 29 heavy (non-hydrogen) atoms. The van der Waals surface area contributed by atoms with Crippen LogP contribution in [0.15, 0.2) is 42.1 Å². The van der Waals surface area contributed by atoms with Crippen molar-refractivity contribution in [2.24, 2.45) is 5.92 Å². The Morgan fingerprint density at radius 1 is 1.34 bits per heavy atom. The van der Waals surface area contributed by atoms with E-state index in [-0.39, 0.29) is 5.57 Å². The van der Waals surface area contributed by atoms with Crippen molar-refractivity contribution in [3.8, 4) is 11.8 Å². The van der Waals surface area contributed by atoms with Gasteiger partial charge in [0.05, 0.1) is 10.7 Å². The van der Waals surface area contributed by atoms with Crippen molar-refractivity contribution in [3.63, 3.8) is 0 Å². The lowest BCUT2D eigenvalue weighted by Gasteiger charge is -2.09. The van der Waals surface area contributed by atoms with Gasteiger partial charge >= 0.3 is 0 Å². The van der Waals surface area contributed by atoms with Gasteiger partial charge < -0.3 is 4.57 Å². The van der Waals surface area contributed by atoms with E-state index in [1.807, 2.05) is 6.07 Å². The van der Waals surface area contributed by atoms with E-state index in [1.54, 1.807) is 41.1 Å². The van der Waals surface area contributed by atoms with Crippen LogP contribution in [0.1, 0.15) is 24.5 Å². The first-order chi connectivity index (χ1) is 13.9. The minimum absolute atomic E-state index is 0.0596. The fourth-order valence-electron chi connectivity index (χ4n) is 2.60. The minimum atomic E-state index is -0.547. The molecule has 0 aliphatic heterocycles. The number of nitriles is 1. The summed E-state index contributed by atoms with van der Waals surface area (Å²) in [5.41, 5.74) is 1.25. The third kappa shape index (κ3) is 5.24. The van der Waals surface area contributed by atoms with E-state index in [0.717, 1.165) is 11.4 Å². The van der Waals surface area contributed by atoms with E-state index >= 15 is 0 Å². The summed E-state index contributed by atoms with van der Waals surface area (Å²) >= 11 is 13.6. The third-order valence-electron chi connectivity index (χ3n) is 3.88. The van der Waals surface area contributed by atoms with Crippen molar-refractivity contribution in [1.82, 2.24) is 14.8 Å². The van der Waals surface area contributed by atoms with E-state index < -0.39 is 5.91 Å². The van der Waals surface area contributed by atoms with Gasteiger partial charge in [-0.3, -0.25) is 10.1 Å². The zero-order valence-electron chi connectivity index (χ0n) is 15.7. The van der Waals surface area contributed by atoms with Crippen LogP contribution >= 0.6 is 34.5 Å². The molecule has 0 saturated heterocycles. The van der Waals surface area contributed by atoms with Gasteiger partial charge in [-0.05, 0) is 42.3 Å². The molecule has 1 aromatic carbocycles. The van der Waals surface area contributed by atoms with Crippen molar-refractivity contribution in [2.75, 3.05) is 5.32 Å². The van der Waals surface area contributed by atoms with Gasteiger partial charge in [0.15, 0.2) is 0 Å². The van der Waals surface area contributed by atoms with Crippen LogP contribution in [0.5, 0.6) is 0 Å². The third-order valence-corrected chi connectivity index (χ3v) is 5.28. The summed E-state index contributed by atoms with van der Waals surface area (Å²) in [5.74, 6) is -0.108. The summed E-state index contributed by atoms with van der Waals surface area (Å²) in [6.07, 6.45) is 4.07. The zero-order valence-corrected chi connectivity index (χ0v) is 18.0. The predicted octanol–water partition coefficient (Wildman–Crippen LogP) is 5.38. The number of halogens is 2. The van der Waals surface area contributed by atoms with E-state index in [1.165, 1.54) is 17.4 Å². The number of rotatable bonds is 6. The van der Waals surface area contributed by atoms with Gasteiger partial charge in [0.25, 0.3) is 5.91 Å². The largest absolute Gasteiger partial charge is 0.316 e. The average molecular weight is 446 g/mol. The monoisotopic (exact) mass is 445 g/mol. The summed E-state index contributed by atoms with van der Waals surface area (Å²) in [5, 5.41) is 22.3. The molecule has 6 nitrogen and oxygen atoms in total. The molecular weight excluding hydrogens is 429 g/mol. The maximum Gasteiger partial charge on any atom is 0.268 e.